The molecule has 25 heavy (non-hydrogen) atoms. The average molecular weight is 468 g/mol. The molecule has 0 amide bonds. The van der Waals surface area contributed by atoms with Crippen molar-refractivity contribution in [3.8, 4) is 0 Å². The zero-order chi connectivity index (χ0) is 17.4. The number of benzene rings is 1. The molecule has 4 nitrogen and oxygen atoms in total. The smallest absolute Gasteiger partial charge is 0.364 e. The van der Waals surface area contributed by atoms with Crippen LogP contribution in [0.15, 0.2) is 41.4 Å². The summed E-state index contributed by atoms with van der Waals surface area (Å²) in [6, 6.07) is 8.06. The summed E-state index contributed by atoms with van der Waals surface area (Å²) in [5.41, 5.74) is 2.15. The Morgan fingerprint density at radius 3 is 2.56 bits per heavy atom. The van der Waals surface area contributed by atoms with E-state index in [1.807, 2.05) is 25.1 Å². The molecule has 1 aliphatic rings. The van der Waals surface area contributed by atoms with Gasteiger partial charge in [0.2, 0.25) is 0 Å². The Kier molecular flexibility index (Phi) is 9.09. The minimum Gasteiger partial charge on any atom is -0.364 e. The van der Waals surface area contributed by atoms with Gasteiger partial charge in [0.05, 0.1) is 13.0 Å². The van der Waals surface area contributed by atoms with Crippen LogP contribution in [-0.4, -0.2) is 38.3 Å². The number of halogens is 4. The molecule has 1 aromatic rings. The van der Waals surface area contributed by atoms with E-state index in [2.05, 4.69) is 38.7 Å². The summed E-state index contributed by atoms with van der Waals surface area (Å²) in [6.07, 6.45) is -0.797. The van der Waals surface area contributed by atoms with Crippen molar-refractivity contribution in [2.45, 2.75) is 26.1 Å². The molecule has 0 spiro atoms. The summed E-state index contributed by atoms with van der Waals surface area (Å²) >= 11 is 0. The minimum absolute atomic E-state index is 0. The summed E-state index contributed by atoms with van der Waals surface area (Å²) in [5.74, 6) is 0.398. The van der Waals surface area contributed by atoms with E-state index in [9.17, 15) is 13.2 Å². The van der Waals surface area contributed by atoms with E-state index < -0.39 is 12.6 Å². The van der Waals surface area contributed by atoms with Crippen LogP contribution in [0.2, 0.25) is 0 Å². The van der Waals surface area contributed by atoms with Gasteiger partial charge in [0.25, 0.3) is 0 Å². The first-order chi connectivity index (χ1) is 11.5. The van der Waals surface area contributed by atoms with Crippen molar-refractivity contribution in [2.24, 2.45) is 4.99 Å². The number of nitrogens with one attached hydrogen (secondary N) is 2. The third-order valence-corrected chi connectivity index (χ3v) is 3.56. The lowest BCUT2D eigenvalue weighted by Crippen LogP contribution is -2.38. The quantitative estimate of drug-likeness (QED) is 0.290. The van der Waals surface area contributed by atoms with Gasteiger partial charge < -0.3 is 15.5 Å². The highest BCUT2D eigenvalue weighted by molar-refractivity contribution is 14.0. The van der Waals surface area contributed by atoms with Gasteiger partial charge in [0.15, 0.2) is 5.96 Å². The second-order valence-electron chi connectivity index (χ2n) is 5.53. The molecule has 1 heterocycles. The Morgan fingerprint density at radius 1 is 1.20 bits per heavy atom. The molecule has 0 bridgehead atoms. The maximum absolute atomic E-state index is 12.2. The number of anilines is 1. The van der Waals surface area contributed by atoms with Crippen LogP contribution in [0, 0.1) is 0 Å². The largest absolute Gasteiger partial charge is 0.390 e. The highest BCUT2D eigenvalue weighted by atomic mass is 127. The van der Waals surface area contributed by atoms with Crippen LogP contribution in [0.5, 0.6) is 0 Å². The van der Waals surface area contributed by atoms with Crippen LogP contribution in [0.3, 0.4) is 0 Å². The van der Waals surface area contributed by atoms with Crippen molar-refractivity contribution < 1.29 is 13.2 Å². The van der Waals surface area contributed by atoms with E-state index in [-0.39, 0.29) is 30.5 Å². The molecule has 0 aliphatic carbocycles. The van der Waals surface area contributed by atoms with E-state index >= 15 is 0 Å². The molecule has 0 aromatic heterocycles. The summed E-state index contributed by atoms with van der Waals surface area (Å²) < 4.78 is 36.7. The van der Waals surface area contributed by atoms with Crippen LogP contribution >= 0.6 is 24.0 Å². The highest BCUT2D eigenvalue weighted by Crippen LogP contribution is 2.19. The van der Waals surface area contributed by atoms with Gasteiger partial charge in [-0.05, 0) is 24.6 Å². The van der Waals surface area contributed by atoms with E-state index in [0.717, 1.165) is 24.3 Å². The molecular formula is C17H24F3IN4. The molecule has 140 valence electrons. The van der Waals surface area contributed by atoms with Gasteiger partial charge in [0.1, 0.15) is 0 Å². The Morgan fingerprint density at radius 2 is 1.92 bits per heavy atom. The number of hydrogen-bond donors (Lipinski definition) is 2. The normalized spacial score (nSPS) is 14.4. The van der Waals surface area contributed by atoms with Crippen molar-refractivity contribution in [3.63, 3.8) is 0 Å². The molecule has 0 saturated carbocycles. The van der Waals surface area contributed by atoms with Crippen LogP contribution in [0.4, 0.5) is 18.9 Å². The third kappa shape index (κ3) is 7.98. The first-order valence-corrected chi connectivity index (χ1v) is 8.06. The van der Waals surface area contributed by atoms with Gasteiger partial charge in [0, 0.05) is 31.9 Å². The summed E-state index contributed by atoms with van der Waals surface area (Å²) in [5, 5.41) is 5.68. The predicted molar refractivity (Wildman–Crippen MR) is 107 cm³/mol. The molecule has 8 heteroatoms. The van der Waals surface area contributed by atoms with Gasteiger partial charge in [-0.25, -0.2) is 4.99 Å². The molecule has 0 saturated heterocycles. The SMILES string of the molecule is CCNC(=NCc1cccc(N2CC=CC2)c1)NCCC(F)(F)F.I. The number of rotatable bonds is 6. The number of hydrogen-bond acceptors (Lipinski definition) is 2. The zero-order valence-electron chi connectivity index (χ0n) is 14.1. The molecule has 0 unspecified atom stereocenters. The molecule has 0 atom stereocenters. The fraction of sp³-hybridized carbons (Fsp3) is 0.471. The highest BCUT2D eigenvalue weighted by Gasteiger charge is 2.26. The fourth-order valence-corrected chi connectivity index (χ4v) is 2.38. The maximum atomic E-state index is 12.2. The minimum atomic E-state index is -4.16. The number of guanidine groups is 1. The molecule has 1 aliphatic heterocycles. The predicted octanol–water partition coefficient (Wildman–Crippen LogP) is 3.69. The Bertz CT molecular complexity index is 580. The van der Waals surface area contributed by atoms with Gasteiger partial charge >= 0.3 is 6.18 Å². The van der Waals surface area contributed by atoms with E-state index in [1.165, 1.54) is 0 Å². The van der Waals surface area contributed by atoms with Crippen molar-refractivity contribution in [1.29, 1.82) is 0 Å². The summed E-state index contributed by atoms with van der Waals surface area (Å²) in [7, 11) is 0. The van der Waals surface area contributed by atoms with Crippen molar-refractivity contribution in [2.75, 3.05) is 31.1 Å². The van der Waals surface area contributed by atoms with E-state index in [1.54, 1.807) is 0 Å². The van der Waals surface area contributed by atoms with E-state index in [4.69, 9.17) is 0 Å². The molecule has 0 fully saturated rings. The molecular weight excluding hydrogens is 444 g/mol. The fourth-order valence-electron chi connectivity index (χ4n) is 2.38. The number of aliphatic imine (C=N–C) groups is 1. The lowest BCUT2D eigenvalue weighted by atomic mass is 10.2. The summed E-state index contributed by atoms with van der Waals surface area (Å²) in [6.45, 7) is 4.49. The molecule has 0 radical (unpaired) electrons. The van der Waals surface area contributed by atoms with Crippen molar-refractivity contribution in [1.82, 2.24) is 10.6 Å². The Labute approximate surface area is 163 Å². The second kappa shape index (κ2) is 10.5. The van der Waals surface area contributed by atoms with Crippen LogP contribution in [0.25, 0.3) is 0 Å². The van der Waals surface area contributed by atoms with Crippen molar-refractivity contribution >= 4 is 35.6 Å². The molecule has 1 aromatic carbocycles. The second-order valence-corrected chi connectivity index (χ2v) is 5.53. The van der Waals surface area contributed by atoms with Crippen molar-refractivity contribution in [3.05, 3.63) is 42.0 Å². The molecule has 2 N–H and O–H groups in total. The Hall–Kier alpha value is -1.45. The monoisotopic (exact) mass is 468 g/mol. The topological polar surface area (TPSA) is 39.7 Å². The summed E-state index contributed by atoms with van der Waals surface area (Å²) in [4.78, 5) is 6.60. The zero-order valence-corrected chi connectivity index (χ0v) is 16.5. The van der Waals surface area contributed by atoms with Gasteiger partial charge in [-0.15, -0.1) is 24.0 Å². The maximum Gasteiger partial charge on any atom is 0.390 e. The van der Waals surface area contributed by atoms with E-state index in [0.29, 0.717) is 19.0 Å². The van der Waals surface area contributed by atoms with Gasteiger partial charge in [-0.2, -0.15) is 13.2 Å². The van der Waals surface area contributed by atoms with Crippen LogP contribution in [0.1, 0.15) is 18.9 Å². The van der Waals surface area contributed by atoms with Gasteiger partial charge in [-0.3, -0.25) is 0 Å². The number of alkyl halides is 3. The lowest BCUT2D eigenvalue weighted by molar-refractivity contribution is -0.132. The first-order valence-electron chi connectivity index (χ1n) is 8.06. The lowest BCUT2D eigenvalue weighted by Gasteiger charge is -2.18. The van der Waals surface area contributed by atoms with Gasteiger partial charge in [-0.1, -0.05) is 24.3 Å². The number of nitrogens with zero attached hydrogens (tertiary/aromatic N) is 2. The molecule has 2 rings (SSSR count). The van der Waals surface area contributed by atoms with Crippen LogP contribution < -0.4 is 15.5 Å². The third-order valence-electron chi connectivity index (χ3n) is 3.56. The first kappa shape index (κ1) is 21.6. The average Bonchev–Trinajstić information content (AvgIpc) is 3.06. The standard InChI is InChI=1S/C17H23F3N4.HI/c1-2-21-16(22-9-8-17(18,19)20)23-13-14-6-5-7-15(12-14)24-10-3-4-11-24;/h3-7,12H,2,8-11,13H2,1H3,(H2,21,22,23);1H. The Balaban J connectivity index is 0.00000312. The van der Waals surface area contributed by atoms with Crippen LogP contribution in [-0.2, 0) is 6.54 Å².